The summed E-state index contributed by atoms with van der Waals surface area (Å²) in [5.41, 5.74) is 1.24. The number of nitrogens with zero attached hydrogens (tertiary/aromatic N) is 2. The van der Waals surface area contributed by atoms with Crippen LogP contribution in [0.3, 0.4) is 0 Å². The molecule has 10 heteroatoms. The van der Waals surface area contributed by atoms with Gasteiger partial charge in [0.25, 0.3) is 5.69 Å². The zero-order chi connectivity index (χ0) is 24.7. The molecule has 0 unspecified atom stereocenters. The minimum Gasteiger partial charge on any atom is -0.506 e. The van der Waals surface area contributed by atoms with Crippen molar-refractivity contribution < 1.29 is 29.1 Å². The van der Waals surface area contributed by atoms with E-state index in [0.717, 1.165) is 11.8 Å². The van der Waals surface area contributed by atoms with Crippen LogP contribution in [0.1, 0.15) is 31.4 Å². The Bertz CT molecular complexity index is 1200. The predicted octanol–water partition coefficient (Wildman–Crippen LogP) is 4.97. The molecule has 1 amide bonds. The third kappa shape index (κ3) is 6.10. The van der Waals surface area contributed by atoms with Crippen LogP contribution in [0.25, 0.3) is 6.08 Å². The number of aliphatic hydroxyl groups is 1. The van der Waals surface area contributed by atoms with Gasteiger partial charge in [0.05, 0.1) is 16.4 Å². The van der Waals surface area contributed by atoms with Crippen molar-refractivity contribution in [3.8, 4) is 5.75 Å². The minimum absolute atomic E-state index is 0.00395. The molecule has 0 saturated carbocycles. The number of aliphatic imine (C=N–C) groups is 1. The minimum atomic E-state index is -0.747. The molecule has 3 rings (SSSR count). The van der Waals surface area contributed by atoms with E-state index in [2.05, 4.69) is 4.99 Å². The summed E-state index contributed by atoms with van der Waals surface area (Å²) >= 11 is 1.01. The van der Waals surface area contributed by atoms with Crippen molar-refractivity contribution in [1.82, 2.24) is 0 Å². The molecular weight excluding hydrogens is 460 g/mol. The molecule has 0 spiro atoms. The van der Waals surface area contributed by atoms with Gasteiger partial charge in [0.1, 0.15) is 28.7 Å². The molecule has 0 fully saturated rings. The maximum absolute atomic E-state index is 12.3. The molecule has 0 aromatic heterocycles. The normalized spacial score (nSPS) is 15.6. The summed E-state index contributed by atoms with van der Waals surface area (Å²) in [5, 5.41) is 21.6. The van der Waals surface area contributed by atoms with E-state index in [4.69, 9.17) is 9.47 Å². The number of non-ortho nitro benzene ring substituents is 1. The summed E-state index contributed by atoms with van der Waals surface area (Å²) in [4.78, 5) is 38.8. The molecule has 0 bridgehead atoms. The molecule has 176 valence electrons. The number of ether oxygens (including phenoxy) is 2. The maximum atomic E-state index is 12.3. The van der Waals surface area contributed by atoms with Crippen molar-refractivity contribution in [1.29, 1.82) is 0 Å². The van der Waals surface area contributed by atoms with Gasteiger partial charge >= 0.3 is 5.97 Å². The zero-order valence-corrected chi connectivity index (χ0v) is 19.3. The number of thioether (sulfide) groups is 1. The molecular formula is C24H22N2O7S. The van der Waals surface area contributed by atoms with Crippen LogP contribution in [0, 0.1) is 10.1 Å². The third-order valence-electron chi connectivity index (χ3n) is 4.60. The summed E-state index contributed by atoms with van der Waals surface area (Å²) in [6.45, 7) is 3.58. The first-order valence-corrected chi connectivity index (χ1v) is 11.2. The van der Waals surface area contributed by atoms with E-state index in [1.165, 1.54) is 12.1 Å². The number of carbonyl (C=O) groups excluding carboxylic acids is 2. The third-order valence-corrected chi connectivity index (χ3v) is 5.62. The van der Waals surface area contributed by atoms with E-state index in [0.29, 0.717) is 21.8 Å². The molecule has 1 aliphatic rings. The van der Waals surface area contributed by atoms with E-state index < -0.39 is 16.8 Å². The standard InChI is InChI=1S/C24H22N2O7S/c1-3-20(27)25-23-21(24(29)32-4-2)22(28)19(34-23)13-15-8-10-18(11-9-15)33-14-16-6-5-7-17(12-16)26(30)31/h5-13,28H,3-4,14H2,1-2H3/b19-13-,25-23?. The van der Waals surface area contributed by atoms with Gasteiger partial charge in [0.15, 0.2) is 0 Å². The average molecular weight is 483 g/mol. The Kier molecular flexibility index (Phi) is 8.20. The van der Waals surface area contributed by atoms with Crippen LogP contribution in [0.4, 0.5) is 5.69 Å². The maximum Gasteiger partial charge on any atom is 0.344 e. The molecule has 1 N–H and O–H groups in total. The van der Waals surface area contributed by atoms with Crippen LogP contribution >= 0.6 is 11.8 Å². The largest absolute Gasteiger partial charge is 0.506 e. The van der Waals surface area contributed by atoms with Crippen molar-refractivity contribution in [2.45, 2.75) is 26.9 Å². The van der Waals surface area contributed by atoms with Crippen molar-refractivity contribution in [2.24, 2.45) is 4.99 Å². The second kappa shape index (κ2) is 11.3. The van der Waals surface area contributed by atoms with E-state index in [1.807, 2.05) is 0 Å². The number of aliphatic hydroxyl groups excluding tert-OH is 1. The van der Waals surface area contributed by atoms with Crippen molar-refractivity contribution in [2.75, 3.05) is 6.61 Å². The first kappa shape index (κ1) is 24.7. The number of rotatable bonds is 8. The second-order valence-electron chi connectivity index (χ2n) is 7.00. The summed E-state index contributed by atoms with van der Waals surface area (Å²) in [7, 11) is 0. The van der Waals surface area contributed by atoms with E-state index >= 15 is 0 Å². The van der Waals surface area contributed by atoms with Crippen molar-refractivity contribution >= 4 is 40.4 Å². The Morgan fingerprint density at radius 3 is 2.56 bits per heavy atom. The fourth-order valence-corrected chi connectivity index (χ4v) is 3.95. The van der Waals surface area contributed by atoms with Crippen molar-refractivity contribution in [3.05, 3.63) is 86.0 Å². The fourth-order valence-electron chi connectivity index (χ4n) is 2.92. The number of amides is 1. The Morgan fingerprint density at radius 2 is 1.91 bits per heavy atom. The zero-order valence-electron chi connectivity index (χ0n) is 18.5. The number of nitro benzene ring substituents is 1. The lowest BCUT2D eigenvalue weighted by atomic mass is 10.1. The highest BCUT2D eigenvalue weighted by atomic mass is 32.2. The van der Waals surface area contributed by atoms with Crippen LogP contribution in [0.15, 0.2) is 69.8 Å². The molecule has 0 radical (unpaired) electrons. The van der Waals surface area contributed by atoms with Crippen LogP contribution in [0.2, 0.25) is 0 Å². The van der Waals surface area contributed by atoms with Crippen LogP contribution < -0.4 is 4.74 Å². The number of hydrogen-bond donors (Lipinski definition) is 1. The summed E-state index contributed by atoms with van der Waals surface area (Å²) in [5.74, 6) is -0.903. The summed E-state index contributed by atoms with van der Waals surface area (Å²) in [6.07, 6.45) is 1.82. The first-order chi connectivity index (χ1) is 16.3. The Balaban J connectivity index is 1.76. The lowest BCUT2D eigenvalue weighted by Crippen LogP contribution is -2.14. The number of carbonyl (C=O) groups is 2. The van der Waals surface area contributed by atoms with Gasteiger partial charge in [-0.3, -0.25) is 14.9 Å². The van der Waals surface area contributed by atoms with Gasteiger partial charge in [-0.05, 0) is 36.3 Å². The van der Waals surface area contributed by atoms with Crippen LogP contribution in [-0.2, 0) is 20.9 Å². The van der Waals surface area contributed by atoms with Crippen LogP contribution in [-0.4, -0.2) is 33.6 Å². The number of esters is 1. The fraction of sp³-hybridized carbons (Fsp3) is 0.208. The highest BCUT2D eigenvalue weighted by molar-refractivity contribution is 8.18. The predicted molar refractivity (Wildman–Crippen MR) is 128 cm³/mol. The quantitative estimate of drug-likeness (QED) is 0.317. The number of nitro groups is 1. The molecule has 34 heavy (non-hydrogen) atoms. The first-order valence-electron chi connectivity index (χ1n) is 10.4. The Labute approximate surface area is 199 Å². The molecule has 1 aliphatic heterocycles. The topological polar surface area (TPSA) is 128 Å². The van der Waals surface area contributed by atoms with Gasteiger partial charge < -0.3 is 14.6 Å². The molecule has 9 nitrogen and oxygen atoms in total. The van der Waals surface area contributed by atoms with Crippen molar-refractivity contribution in [3.63, 3.8) is 0 Å². The molecule has 1 heterocycles. The van der Waals surface area contributed by atoms with E-state index in [1.54, 1.807) is 56.3 Å². The lowest BCUT2D eigenvalue weighted by molar-refractivity contribution is -0.384. The van der Waals surface area contributed by atoms with Gasteiger partial charge in [-0.25, -0.2) is 9.79 Å². The van der Waals surface area contributed by atoms with Gasteiger partial charge in [-0.15, -0.1) is 0 Å². The second-order valence-corrected chi connectivity index (χ2v) is 8.03. The van der Waals surface area contributed by atoms with Gasteiger partial charge in [0.2, 0.25) is 5.91 Å². The van der Waals surface area contributed by atoms with Crippen LogP contribution in [0.5, 0.6) is 5.75 Å². The summed E-state index contributed by atoms with van der Waals surface area (Å²) < 4.78 is 10.7. The SMILES string of the molecule is CCOC(=O)C1=C(O)/C(=C/c2ccc(OCc3cccc([N+](=O)[O-])c3)cc2)SC1=NC(=O)CC. The molecule has 2 aromatic rings. The summed E-state index contributed by atoms with van der Waals surface area (Å²) in [6, 6.07) is 13.1. The van der Waals surface area contributed by atoms with Gasteiger partial charge in [-0.2, -0.15) is 0 Å². The van der Waals surface area contributed by atoms with E-state index in [-0.39, 0.29) is 41.7 Å². The lowest BCUT2D eigenvalue weighted by Gasteiger charge is -2.07. The molecule has 2 aromatic carbocycles. The average Bonchev–Trinajstić information content (AvgIpc) is 3.13. The molecule has 0 aliphatic carbocycles. The molecule has 0 saturated heterocycles. The monoisotopic (exact) mass is 482 g/mol. The van der Waals surface area contributed by atoms with E-state index in [9.17, 15) is 24.8 Å². The van der Waals surface area contributed by atoms with Gasteiger partial charge in [-0.1, -0.05) is 43.0 Å². The number of benzene rings is 2. The Hall–Kier alpha value is -3.92. The highest BCUT2D eigenvalue weighted by Gasteiger charge is 2.33. The Morgan fingerprint density at radius 1 is 1.18 bits per heavy atom. The smallest absolute Gasteiger partial charge is 0.344 e. The highest BCUT2D eigenvalue weighted by Crippen LogP contribution is 2.39. The molecule has 0 atom stereocenters. The number of hydrogen-bond acceptors (Lipinski definition) is 8. The van der Waals surface area contributed by atoms with Gasteiger partial charge in [0, 0.05) is 18.6 Å².